The Morgan fingerprint density at radius 2 is 2.19 bits per heavy atom. The average Bonchev–Trinajstić information content (AvgIpc) is 2.83. The van der Waals surface area contributed by atoms with E-state index in [1.807, 2.05) is 16.8 Å². The van der Waals surface area contributed by atoms with Gasteiger partial charge in [0.1, 0.15) is 6.33 Å². The fourth-order valence-electron chi connectivity index (χ4n) is 1.18. The maximum Gasteiger partial charge on any atom is 0.341 e. The van der Waals surface area contributed by atoms with Gasteiger partial charge in [-0.25, -0.2) is 14.8 Å². The predicted octanol–water partition coefficient (Wildman–Crippen LogP) is 1.94. The van der Waals surface area contributed by atoms with E-state index in [0.29, 0.717) is 12.2 Å². The largest absolute Gasteiger partial charge is 0.462 e. The Balaban J connectivity index is 1.81. The Kier molecular flexibility index (Phi) is 3.61. The minimum atomic E-state index is -0.379. The molecule has 2 rings (SSSR count). The Morgan fingerprint density at radius 3 is 2.88 bits per heavy atom. The Hall–Kier alpha value is -1.75. The van der Waals surface area contributed by atoms with Crippen LogP contribution in [0, 0.1) is 0 Å². The van der Waals surface area contributed by atoms with Gasteiger partial charge in [0.05, 0.1) is 12.2 Å². The topological polar surface area (TPSA) is 52.1 Å². The molecule has 0 fully saturated rings. The summed E-state index contributed by atoms with van der Waals surface area (Å²) in [5, 5.41) is 4.04. The van der Waals surface area contributed by atoms with Gasteiger partial charge in [-0.3, -0.25) is 0 Å². The number of hydrogen-bond donors (Lipinski definition) is 0. The number of carbonyl (C=O) groups is 1. The molecule has 0 aromatic carbocycles. The van der Waals surface area contributed by atoms with Crippen LogP contribution in [0.15, 0.2) is 35.5 Å². The minimum Gasteiger partial charge on any atom is -0.462 e. The van der Waals surface area contributed by atoms with Crippen LogP contribution >= 0.6 is 11.3 Å². The van der Waals surface area contributed by atoms with E-state index in [1.165, 1.54) is 24.3 Å². The van der Waals surface area contributed by atoms with Gasteiger partial charge in [0.25, 0.3) is 0 Å². The SMILES string of the molecule is O=C(OCCc1ccsc1)c1cncnc1. The van der Waals surface area contributed by atoms with E-state index in [1.54, 1.807) is 11.3 Å². The van der Waals surface area contributed by atoms with Crippen molar-refractivity contribution in [2.75, 3.05) is 6.61 Å². The molecule has 0 bridgehead atoms. The lowest BCUT2D eigenvalue weighted by Gasteiger charge is -2.02. The summed E-state index contributed by atoms with van der Waals surface area (Å²) in [6.45, 7) is 0.379. The predicted molar refractivity (Wildman–Crippen MR) is 60.3 cm³/mol. The number of esters is 1. The number of aromatic nitrogens is 2. The van der Waals surface area contributed by atoms with Crippen molar-refractivity contribution >= 4 is 17.3 Å². The second-order valence-corrected chi connectivity index (χ2v) is 3.92. The van der Waals surface area contributed by atoms with E-state index in [9.17, 15) is 4.79 Å². The van der Waals surface area contributed by atoms with E-state index in [2.05, 4.69) is 9.97 Å². The minimum absolute atomic E-state index is 0.379. The number of hydrogen-bond acceptors (Lipinski definition) is 5. The van der Waals surface area contributed by atoms with Gasteiger partial charge in [0.15, 0.2) is 0 Å². The molecule has 2 aromatic heterocycles. The average molecular weight is 234 g/mol. The summed E-state index contributed by atoms with van der Waals surface area (Å²) >= 11 is 1.63. The molecule has 0 aliphatic rings. The molecular formula is C11H10N2O2S. The molecule has 5 heteroatoms. The molecule has 0 saturated heterocycles. The fourth-order valence-corrected chi connectivity index (χ4v) is 1.89. The van der Waals surface area contributed by atoms with E-state index < -0.39 is 0 Å². The van der Waals surface area contributed by atoms with Crippen LogP contribution in [-0.4, -0.2) is 22.5 Å². The van der Waals surface area contributed by atoms with Crippen LogP contribution in [0.1, 0.15) is 15.9 Å². The van der Waals surface area contributed by atoms with Gasteiger partial charge < -0.3 is 4.74 Å². The zero-order valence-electron chi connectivity index (χ0n) is 8.50. The molecular weight excluding hydrogens is 224 g/mol. The molecule has 0 aliphatic heterocycles. The van der Waals surface area contributed by atoms with E-state index in [-0.39, 0.29) is 5.97 Å². The van der Waals surface area contributed by atoms with Crippen molar-refractivity contribution in [1.82, 2.24) is 9.97 Å². The Bertz CT molecular complexity index is 442. The van der Waals surface area contributed by atoms with Crippen molar-refractivity contribution in [3.63, 3.8) is 0 Å². The summed E-state index contributed by atoms with van der Waals surface area (Å²) in [5.41, 5.74) is 1.56. The molecule has 82 valence electrons. The molecule has 2 aromatic rings. The highest BCUT2D eigenvalue weighted by molar-refractivity contribution is 7.07. The normalized spacial score (nSPS) is 10.0. The first-order valence-corrected chi connectivity index (χ1v) is 5.74. The van der Waals surface area contributed by atoms with Crippen molar-refractivity contribution in [3.05, 3.63) is 46.7 Å². The molecule has 0 radical (unpaired) electrons. The van der Waals surface area contributed by atoms with Crippen molar-refractivity contribution in [1.29, 1.82) is 0 Å². The van der Waals surface area contributed by atoms with Crippen molar-refractivity contribution in [2.45, 2.75) is 6.42 Å². The maximum atomic E-state index is 11.5. The monoisotopic (exact) mass is 234 g/mol. The number of thiophene rings is 1. The van der Waals surface area contributed by atoms with Crippen LogP contribution in [0.2, 0.25) is 0 Å². The third-order valence-corrected chi connectivity index (χ3v) is 2.73. The Morgan fingerprint density at radius 1 is 1.38 bits per heavy atom. The van der Waals surface area contributed by atoms with E-state index in [4.69, 9.17) is 4.74 Å². The molecule has 16 heavy (non-hydrogen) atoms. The van der Waals surface area contributed by atoms with Gasteiger partial charge in [-0.15, -0.1) is 0 Å². The number of nitrogens with zero attached hydrogens (tertiary/aromatic N) is 2. The smallest absolute Gasteiger partial charge is 0.341 e. The lowest BCUT2D eigenvalue weighted by atomic mass is 10.2. The molecule has 0 unspecified atom stereocenters. The Labute approximate surface area is 96.9 Å². The zero-order valence-corrected chi connectivity index (χ0v) is 9.31. The molecule has 0 amide bonds. The van der Waals surface area contributed by atoms with E-state index in [0.717, 1.165) is 6.42 Å². The summed E-state index contributed by atoms with van der Waals surface area (Å²) in [7, 11) is 0. The lowest BCUT2D eigenvalue weighted by molar-refractivity contribution is 0.0508. The van der Waals surface area contributed by atoms with Gasteiger partial charge >= 0.3 is 5.97 Å². The van der Waals surface area contributed by atoms with Crippen LogP contribution in [0.5, 0.6) is 0 Å². The van der Waals surface area contributed by atoms with Crippen molar-refractivity contribution in [2.24, 2.45) is 0 Å². The maximum absolute atomic E-state index is 11.5. The van der Waals surface area contributed by atoms with Gasteiger partial charge in [0.2, 0.25) is 0 Å². The molecule has 0 aliphatic carbocycles. The van der Waals surface area contributed by atoms with E-state index >= 15 is 0 Å². The van der Waals surface area contributed by atoms with Crippen LogP contribution < -0.4 is 0 Å². The second kappa shape index (κ2) is 5.37. The highest BCUT2D eigenvalue weighted by Crippen LogP contribution is 2.07. The first-order chi connectivity index (χ1) is 7.86. The van der Waals surface area contributed by atoms with Crippen LogP contribution in [0.3, 0.4) is 0 Å². The quantitative estimate of drug-likeness (QED) is 0.758. The molecule has 0 atom stereocenters. The fraction of sp³-hybridized carbons (Fsp3) is 0.182. The summed E-state index contributed by atoms with van der Waals surface area (Å²) in [6.07, 6.45) is 5.00. The standard InChI is InChI=1S/C11H10N2O2S/c14-11(10-5-12-8-13-6-10)15-3-1-9-2-4-16-7-9/h2,4-8H,1,3H2. The number of rotatable bonds is 4. The lowest BCUT2D eigenvalue weighted by Crippen LogP contribution is -2.08. The van der Waals surface area contributed by atoms with Crippen LogP contribution in [-0.2, 0) is 11.2 Å². The van der Waals surface area contributed by atoms with Crippen LogP contribution in [0.4, 0.5) is 0 Å². The van der Waals surface area contributed by atoms with Crippen molar-refractivity contribution < 1.29 is 9.53 Å². The van der Waals surface area contributed by atoms with Gasteiger partial charge in [-0.2, -0.15) is 11.3 Å². The highest BCUT2D eigenvalue weighted by atomic mass is 32.1. The summed E-state index contributed by atoms with van der Waals surface area (Å²) in [5.74, 6) is -0.379. The first-order valence-electron chi connectivity index (χ1n) is 4.79. The summed E-state index contributed by atoms with van der Waals surface area (Å²) < 4.78 is 5.09. The van der Waals surface area contributed by atoms with Gasteiger partial charge in [0, 0.05) is 18.8 Å². The summed E-state index contributed by atoms with van der Waals surface area (Å²) in [4.78, 5) is 19.0. The third-order valence-electron chi connectivity index (χ3n) is 2.00. The molecule has 4 nitrogen and oxygen atoms in total. The highest BCUT2D eigenvalue weighted by Gasteiger charge is 2.06. The second-order valence-electron chi connectivity index (χ2n) is 3.14. The van der Waals surface area contributed by atoms with Gasteiger partial charge in [-0.1, -0.05) is 0 Å². The number of ether oxygens (including phenoxy) is 1. The zero-order chi connectivity index (χ0) is 11.2. The van der Waals surface area contributed by atoms with Gasteiger partial charge in [-0.05, 0) is 22.4 Å². The molecule has 0 N–H and O–H groups in total. The number of carbonyl (C=O) groups excluding carboxylic acids is 1. The first kappa shape index (κ1) is 10.8. The molecule has 0 saturated carbocycles. The van der Waals surface area contributed by atoms with Crippen LogP contribution in [0.25, 0.3) is 0 Å². The molecule has 0 spiro atoms. The molecule has 2 heterocycles. The third kappa shape index (κ3) is 2.87. The van der Waals surface area contributed by atoms with Crippen molar-refractivity contribution in [3.8, 4) is 0 Å². The summed E-state index contributed by atoms with van der Waals surface area (Å²) in [6, 6.07) is 2.02.